The lowest BCUT2D eigenvalue weighted by atomic mass is 9.87. The molecule has 0 amide bonds. The van der Waals surface area contributed by atoms with Crippen molar-refractivity contribution >= 4 is 0 Å². The maximum absolute atomic E-state index is 3.57. The van der Waals surface area contributed by atoms with Gasteiger partial charge in [-0.3, -0.25) is 0 Å². The van der Waals surface area contributed by atoms with Crippen LogP contribution in [0, 0.1) is 5.92 Å². The first-order valence-corrected chi connectivity index (χ1v) is 4.33. The summed E-state index contributed by atoms with van der Waals surface area (Å²) >= 11 is 0. The molecule has 2 heteroatoms. The van der Waals surface area contributed by atoms with Crippen molar-refractivity contribution in [3.8, 4) is 0 Å². The topological polar surface area (TPSA) is 24.1 Å². The van der Waals surface area contributed by atoms with E-state index < -0.39 is 0 Å². The van der Waals surface area contributed by atoms with Crippen LogP contribution in [0.4, 0.5) is 0 Å². The molecule has 3 atom stereocenters. The van der Waals surface area contributed by atoms with E-state index >= 15 is 0 Å². The van der Waals surface area contributed by atoms with Gasteiger partial charge in [0.25, 0.3) is 0 Å². The van der Waals surface area contributed by atoms with Crippen molar-refractivity contribution in [1.82, 2.24) is 10.6 Å². The van der Waals surface area contributed by atoms with E-state index in [-0.39, 0.29) is 0 Å². The van der Waals surface area contributed by atoms with Gasteiger partial charge in [-0.15, -0.1) is 0 Å². The highest BCUT2D eigenvalue weighted by Gasteiger charge is 2.32. The van der Waals surface area contributed by atoms with Gasteiger partial charge in [0.05, 0.1) is 0 Å². The smallest absolute Gasteiger partial charge is 0.0221 e. The van der Waals surface area contributed by atoms with E-state index in [4.69, 9.17) is 0 Å². The SMILES string of the molecule is C[C@@H]1CN[C@H]2CC[C@H]2NC1. The van der Waals surface area contributed by atoms with E-state index in [0.717, 1.165) is 18.0 Å². The summed E-state index contributed by atoms with van der Waals surface area (Å²) in [5, 5.41) is 7.14. The molecule has 58 valence electrons. The fraction of sp³-hybridized carbons (Fsp3) is 1.00. The Labute approximate surface area is 62.4 Å². The van der Waals surface area contributed by atoms with Gasteiger partial charge in [0.15, 0.2) is 0 Å². The molecule has 0 unspecified atom stereocenters. The monoisotopic (exact) mass is 140 g/mol. The molecule has 2 aliphatic rings. The molecular weight excluding hydrogens is 124 g/mol. The van der Waals surface area contributed by atoms with Gasteiger partial charge in [0.2, 0.25) is 0 Å². The Kier molecular flexibility index (Phi) is 1.66. The van der Waals surface area contributed by atoms with Crippen LogP contribution in [0.15, 0.2) is 0 Å². The average Bonchev–Trinajstić information content (AvgIpc) is 1.94. The van der Waals surface area contributed by atoms with Crippen LogP contribution in [0.25, 0.3) is 0 Å². The first kappa shape index (κ1) is 6.62. The molecule has 1 aliphatic heterocycles. The van der Waals surface area contributed by atoms with Gasteiger partial charge in [-0.25, -0.2) is 0 Å². The Morgan fingerprint density at radius 1 is 1.00 bits per heavy atom. The lowest BCUT2D eigenvalue weighted by molar-refractivity contribution is 0.264. The number of hydrogen-bond donors (Lipinski definition) is 2. The molecule has 1 heterocycles. The molecule has 2 fully saturated rings. The molecule has 2 nitrogen and oxygen atoms in total. The van der Waals surface area contributed by atoms with E-state index in [1.807, 2.05) is 0 Å². The lowest BCUT2D eigenvalue weighted by Crippen LogP contribution is -2.52. The zero-order valence-electron chi connectivity index (χ0n) is 6.56. The minimum Gasteiger partial charge on any atom is -0.312 e. The summed E-state index contributed by atoms with van der Waals surface area (Å²) in [7, 11) is 0. The molecule has 1 aliphatic carbocycles. The predicted molar refractivity (Wildman–Crippen MR) is 42.0 cm³/mol. The average molecular weight is 140 g/mol. The van der Waals surface area contributed by atoms with Crippen molar-refractivity contribution in [2.75, 3.05) is 13.1 Å². The van der Waals surface area contributed by atoms with Crippen molar-refractivity contribution in [3.05, 3.63) is 0 Å². The summed E-state index contributed by atoms with van der Waals surface area (Å²) in [5.41, 5.74) is 0. The largest absolute Gasteiger partial charge is 0.312 e. The molecule has 0 aromatic carbocycles. The van der Waals surface area contributed by atoms with E-state index in [0.29, 0.717) is 0 Å². The number of hydrogen-bond acceptors (Lipinski definition) is 2. The summed E-state index contributed by atoms with van der Waals surface area (Å²) in [4.78, 5) is 0. The zero-order valence-corrected chi connectivity index (χ0v) is 6.56. The lowest BCUT2D eigenvalue weighted by Gasteiger charge is -2.35. The first-order valence-electron chi connectivity index (χ1n) is 4.33. The Hall–Kier alpha value is -0.0800. The Balaban J connectivity index is 1.91. The van der Waals surface area contributed by atoms with Crippen molar-refractivity contribution in [3.63, 3.8) is 0 Å². The minimum absolute atomic E-state index is 0.796. The fourth-order valence-electron chi connectivity index (χ4n) is 1.77. The van der Waals surface area contributed by atoms with Crippen LogP contribution in [0.5, 0.6) is 0 Å². The van der Waals surface area contributed by atoms with Gasteiger partial charge in [-0.05, 0) is 31.8 Å². The predicted octanol–water partition coefficient (Wildman–Crippen LogP) is 0.346. The highest BCUT2D eigenvalue weighted by Crippen LogP contribution is 2.21. The standard InChI is InChI=1S/C8H16N2/c1-6-4-9-7-2-3-8(7)10-5-6/h6-10H,2-5H2,1H3/t6-,7+,8-. The van der Waals surface area contributed by atoms with Gasteiger partial charge in [0.1, 0.15) is 0 Å². The molecule has 0 radical (unpaired) electrons. The van der Waals surface area contributed by atoms with Gasteiger partial charge >= 0.3 is 0 Å². The highest BCUT2D eigenvalue weighted by atomic mass is 15.1. The van der Waals surface area contributed by atoms with Crippen LogP contribution in [-0.4, -0.2) is 25.2 Å². The molecule has 10 heavy (non-hydrogen) atoms. The van der Waals surface area contributed by atoms with Gasteiger partial charge in [0, 0.05) is 12.1 Å². The van der Waals surface area contributed by atoms with Gasteiger partial charge in [-0.2, -0.15) is 0 Å². The maximum Gasteiger partial charge on any atom is 0.0221 e. The molecule has 0 aromatic heterocycles. The third-order valence-electron chi connectivity index (χ3n) is 2.73. The molecule has 1 saturated heterocycles. The fourth-order valence-corrected chi connectivity index (χ4v) is 1.77. The maximum atomic E-state index is 3.57. The van der Waals surface area contributed by atoms with Crippen LogP contribution >= 0.6 is 0 Å². The normalized spacial score (nSPS) is 47.1. The van der Waals surface area contributed by atoms with E-state index in [1.165, 1.54) is 25.9 Å². The zero-order chi connectivity index (χ0) is 6.97. The van der Waals surface area contributed by atoms with Crippen LogP contribution in [0.3, 0.4) is 0 Å². The molecule has 0 spiro atoms. The van der Waals surface area contributed by atoms with Crippen LogP contribution in [-0.2, 0) is 0 Å². The Morgan fingerprint density at radius 2 is 1.50 bits per heavy atom. The van der Waals surface area contributed by atoms with Gasteiger partial charge < -0.3 is 10.6 Å². The van der Waals surface area contributed by atoms with Crippen molar-refractivity contribution in [2.24, 2.45) is 5.92 Å². The number of fused-ring (bicyclic) bond motifs is 1. The molecular formula is C8H16N2. The molecule has 0 aromatic rings. The third kappa shape index (κ3) is 1.06. The Morgan fingerprint density at radius 3 is 1.90 bits per heavy atom. The highest BCUT2D eigenvalue weighted by molar-refractivity contribution is 4.94. The molecule has 2 rings (SSSR count). The van der Waals surface area contributed by atoms with E-state index in [9.17, 15) is 0 Å². The second kappa shape index (κ2) is 2.51. The van der Waals surface area contributed by atoms with Crippen molar-refractivity contribution < 1.29 is 0 Å². The summed E-state index contributed by atoms with van der Waals surface area (Å²) in [5.74, 6) is 0.811. The quantitative estimate of drug-likeness (QED) is 0.507. The summed E-state index contributed by atoms with van der Waals surface area (Å²) in [6, 6.07) is 1.59. The Bertz CT molecular complexity index is 110. The summed E-state index contributed by atoms with van der Waals surface area (Å²) < 4.78 is 0. The van der Waals surface area contributed by atoms with E-state index in [1.54, 1.807) is 0 Å². The number of rotatable bonds is 0. The van der Waals surface area contributed by atoms with Crippen LogP contribution < -0.4 is 10.6 Å². The summed E-state index contributed by atoms with van der Waals surface area (Å²) in [6.45, 7) is 4.70. The molecule has 1 saturated carbocycles. The van der Waals surface area contributed by atoms with E-state index in [2.05, 4.69) is 17.6 Å². The molecule has 2 N–H and O–H groups in total. The molecule has 0 bridgehead atoms. The van der Waals surface area contributed by atoms with Crippen LogP contribution in [0.1, 0.15) is 19.8 Å². The van der Waals surface area contributed by atoms with Crippen LogP contribution in [0.2, 0.25) is 0 Å². The minimum atomic E-state index is 0.796. The second-order valence-corrected chi connectivity index (χ2v) is 3.71. The van der Waals surface area contributed by atoms with Gasteiger partial charge in [-0.1, -0.05) is 6.92 Å². The number of nitrogens with one attached hydrogen (secondary N) is 2. The third-order valence-corrected chi connectivity index (χ3v) is 2.73. The second-order valence-electron chi connectivity index (χ2n) is 3.71. The van der Waals surface area contributed by atoms with Crippen molar-refractivity contribution in [2.45, 2.75) is 31.8 Å². The van der Waals surface area contributed by atoms with Crippen molar-refractivity contribution in [1.29, 1.82) is 0 Å². The summed E-state index contributed by atoms with van der Waals surface area (Å²) in [6.07, 6.45) is 2.76. The first-order chi connectivity index (χ1) is 4.86.